The zero-order valence-corrected chi connectivity index (χ0v) is 10.9. The van der Waals surface area contributed by atoms with Gasteiger partial charge in [0.15, 0.2) is 11.5 Å². The third-order valence-electron chi connectivity index (χ3n) is 3.66. The standard InChI is InChI=1S/C14H15NO5/c16-13-4-2-10(14(17)18)7-15(13)6-9-1-3-11-12(5-9)20-8-19-11/h1,3,5,10H,2,4,6-8H2,(H,17,18). The fourth-order valence-electron chi connectivity index (χ4n) is 2.53. The van der Waals surface area contributed by atoms with E-state index in [-0.39, 0.29) is 19.2 Å². The van der Waals surface area contributed by atoms with E-state index in [1.807, 2.05) is 12.1 Å². The Labute approximate surface area is 115 Å². The Bertz CT molecular complexity index is 556. The maximum atomic E-state index is 11.9. The summed E-state index contributed by atoms with van der Waals surface area (Å²) in [6, 6.07) is 5.51. The highest BCUT2D eigenvalue weighted by Gasteiger charge is 2.30. The van der Waals surface area contributed by atoms with Gasteiger partial charge in [-0.2, -0.15) is 0 Å². The Hall–Kier alpha value is -2.24. The Balaban J connectivity index is 1.72. The van der Waals surface area contributed by atoms with Crippen LogP contribution in [0.15, 0.2) is 18.2 Å². The second-order valence-electron chi connectivity index (χ2n) is 5.04. The molecule has 1 aromatic carbocycles. The number of amides is 1. The average molecular weight is 277 g/mol. The van der Waals surface area contributed by atoms with Crippen molar-refractivity contribution < 1.29 is 24.2 Å². The van der Waals surface area contributed by atoms with Crippen LogP contribution in [0.4, 0.5) is 0 Å². The van der Waals surface area contributed by atoms with E-state index in [1.165, 1.54) is 0 Å². The molecule has 2 aliphatic heterocycles. The molecule has 0 bridgehead atoms. The third kappa shape index (κ3) is 2.41. The SMILES string of the molecule is O=C(O)C1CCC(=O)N(Cc2ccc3c(c2)OCO3)C1. The average Bonchev–Trinajstić information content (AvgIpc) is 2.88. The fourth-order valence-corrected chi connectivity index (χ4v) is 2.53. The predicted octanol–water partition coefficient (Wildman–Crippen LogP) is 1.24. The Morgan fingerprint density at radius 1 is 1.35 bits per heavy atom. The molecule has 1 atom stereocenters. The van der Waals surface area contributed by atoms with Gasteiger partial charge >= 0.3 is 5.97 Å². The number of carbonyl (C=O) groups is 2. The maximum absolute atomic E-state index is 11.9. The molecule has 3 rings (SSSR count). The predicted molar refractivity (Wildman–Crippen MR) is 68.3 cm³/mol. The molecule has 20 heavy (non-hydrogen) atoms. The third-order valence-corrected chi connectivity index (χ3v) is 3.66. The molecule has 1 N–H and O–H groups in total. The van der Waals surface area contributed by atoms with E-state index in [1.54, 1.807) is 11.0 Å². The van der Waals surface area contributed by atoms with E-state index in [2.05, 4.69) is 0 Å². The van der Waals surface area contributed by atoms with Gasteiger partial charge in [-0.15, -0.1) is 0 Å². The summed E-state index contributed by atoms with van der Waals surface area (Å²) in [6.07, 6.45) is 0.716. The number of ether oxygens (including phenoxy) is 2. The van der Waals surface area contributed by atoms with Crippen LogP contribution in [0.25, 0.3) is 0 Å². The number of carboxylic acid groups (broad SMARTS) is 1. The van der Waals surface area contributed by atoms with Gasteiger partial charge in [0, 0.05) is 19.5 Å². The molecule has 2 aliphatic rings. The first-order valence-corrected chi connectivity index (χ1v) is 6.52. The monoisotopic (exact) mass is 277 g/mol. The zero-order chi connectivity index (χ0) is 14.1. The maximum Gasteiger partial charge on any atom is 0.308 e. The van der Waals surface area contributed by atoms with Crippen LogP contribution in [0.1, 0.15) is 18.4 Å². The van der Waals surface area contributed by atoms with Crippen molar-refractivity contribution >= 4 is 11.9 Å². The lowest BCUT2D eigenvalue weighted by molar-refractivity contribution is -0.147. The number of aliphatic carboxylic acids is 1. The molecule has 0 radical (unpaired) electrons. The lowest BCUT2D eigenvalue weighted by atomic mass is 9.97. The normalized spacial score (nSPS) is 21.1. The molecule has 1 amide bonds. The number of benzene rings is 1. The first-order valence-electron chi connectivity index (χ1n) is 6.52. The Morgan fingerprint density at radius 2 is 2.15 bits per heavy atom. The van der Waals surface area contributed by atoms with Crippen LogP contribution in [0.3, 0.4) is 0 Å². The van der Waals surface area contributed by atoms with E-state index in [9.17, 15) is 9.59 Å². The van der Waals surface area contributed by atoms with Gasteiger partial charge in [-0.25, -0.2) is 0 Å². The molecule has 0 saturated carbocycles. The summed E-state index contributed by atoms with van der Waals surface area (Å²) in [7, 11) is 0. The van der Waals surface area contributed by atoms with E-state index in [4.69, 9.17) is 14.6 Å². The van der Waals surface area contributed by atoms with Crippen LogP contribution in [-0.4, -0.2) is 35.2 Å². The van der Waals surface area contributed by atoms with Crippen LogP contribution in [0, 0.1) is 5.92 Å². The minimum atomic E-state index is -0.840. The molecule has 0 aliphatic carbocycles. The van der Waals surface area contributed by atoms with Gasteiger partial charge in [-0.3, -0.25) is 9.59 Å². The van der Waals surface area contributed by atoms with Crippen molar-refractivity contribution in [2.75, 3.05) is 13.3 Å². The molecule has 6 nitrogen and oxygen atoms in total. The summed E-state index contributed by atoms with van der Waals surface area (Å²) < 4.78 is 10.5. The largest absolute Gasteiger partial charge is 0.481 e. The first kappa shape index (κ1) is 12.8. The molecule has 1 saturated heterocycles. The topological polar surface area (TPSA) is 76.1 Å². The van der Waals surface area contributed by atoms with Crippen molar-refractivity contribution in [3.8, 4) is 11.5 Å². The second-order valence-corrected chi connectivity index (χ2v) is 5.04. The Kier molecular flexibility index (Phi) is 3.22. The van der Waals surface area contributed by atoms with Gasteiger partial charge < -0.3 is 19.5 Å². The summed E-state index contributed by atoms with van der Waals surface area (Å²) in [5, 5.41) is 9.06. The highest BCUT2D eigenvalue weighted by molar-refractivity contribution is 5.80. The lowest BCUT2D eigenvalue weighted by Gasteiger charge is -2.30. The number of likely N-dealkylation sites (tertiary alicyclic amines) is 1. The van der Waals surface area contributed by atoms with Crippen molar-refractivity contribution in [2.45, 2.75) is 19.4 Å². The number of carboxylic acids is 1. The van der Waals surface area contributed by atoms with Gasteiger partial charge in [0.25, 0.3) is 0 Å². The van der Waals surface area contributed by atoms with Gasteiger partial charge in [-0.1, -0.05) is 6.07 Å². The molecule has 106 valence electrons. The van der Waals surface area contributed by atoms with Gasteiger partial charge in [0.05, 0.1) is 5.92 Å². The smallest absolute Gasteiger partial charge is 0.308 e. The molecular weight excluding hydrogens is 262 g/mol. The Morgan fingerprint density at radius 3 is 2.95 bits per heavy atom. The van der Waals surface area contributed by atoms with Crippen LogP contribution >= 0.6 is 0 Å². The lowest BCUT2D eigenvalue weighted by Crippen LogP contribution is -2.41. The van der Waals surface area contributed by atoms with Crippen molar-refractivity contribution in [1.29, 1.82) is 0 Å². The first-order chi connectivity index (χ1) is 9.63. The molecule has 1 aromatic rings. The van der Waals surface area contributed by atoms with E-state index in [0.29, 0.717) is 30.9 Å². The summed E-state index contributed by atoms with van der Waals surface area (Å²) in [5.74, 6) is 0.0546. The van der Waals surface area contributed by atoms with E-state index >= 15 is 0 Å². The zero-order valence-electron chi connectivity index (χ0n) is 10.9. The van der Waals surface area contributed by atoms with Gasteiger partial charge in [0.2, 0.25) is 12.7 Å². The van der Waals surface area contributed by atoms with Crippen molar-refractivity contribution in [1.82, 2.24) is 4.90 Å². The van der Waals surface area contributed by atoms with Crippen LogP contribution in [0.5, 0.6) is 11.5 Å². The number of hydrogen-bond acceptors (Lipinski definition) is 4. The molecule has 2 heterocycles. The summed E-state index contributed by atoms with van der Waals surface area (Å²) >= 11 is 0. The molecule has 1 fully saturated rings. The van der Waals surface area contributed by atoms with Crippen LogP contribution < -0.4 is 9.47 Å². The van der Waals surface area contributed by atoms with Gasteiger partial charge in [-0.05, 0) is 24.1 Å². The highest BCUT2D eigenvalue weighted by Crippen LogP contribution is 2.33. The van der Waals surface area contributed by atoms with Gasteiger partial charge in [0.1, 0.15) is 0 Å². The molecule has 0 spiro atoms. The number of piperidine rings is 1. The second kappa shape index (κ2) is 5.03. The minimum Gasteiger partial charge on any atom is -0.481 e. The number of fused-ring (bicyclic) bond motifs is 1. The number of carbonyl (C=O) groups excluding carboxylic acids is 1. The van der Waals surface area contributed by atoms with Crippen molar-refractivity contribution in [3.63, 3.8) is 0 Å². The fraction of sp³-hybridized carbons (Fsp3) is 0.429. The number of hydrogen-bond donors (Lipinski definition) is 1. The summed E-state index contributed by atoms with van der Waals surface area (Å²) in [5.41, 5.74) is 0.911. The van der Waals surface area contributed by atoms with Crippen LogP contribution in [-0.2, 0) is 16.1 Å². The molecule has 1 unspecified atom stereocenters. The number of rotatable bonds is 3. The minimum absolute atomic E-state index is 0.000154. The molecule has 0 aromatic heterocycles. The van der Waals surface area contributed by atoms with Crippen LogP contribution in [0.2, 0.25) is 0 Å². The summed E-state index contributed by atoms with van der Waals surface area (Å²) in [6.45, 7) is 0.879. The van der Waals surface area contributed by atoms with E-state index in [0.717, 1.165) is 5.56 Å². The number of nitrogens with zero attached hydrogens (tertiary/aromatic N) is 1. The van der Waals surface area contributed by atoms with E-state index < -0.39 is 11.9 Å². The quantitative estimate of drug-likeness (QED) is 0.899. The summed E-state index contributed by atoms with van der Waals surface area (Å²) in [4.78, 5) is 24.5. The molecule has 6 heteroatoms. The van der Waals surface area contributed by atoms with Crippen molar-refractivity contribution in [3.05, 3.63) is 23.8 Å². The highest BCUT2D eigenvalue weighted by atomic mass is 16.7. The van der Waals surface area contributed by atoms with Crippen molar-refractivity contribution in [2.24, 2.45) is 5.92 Å². The molecular formula is C14H15NO5.